The quantitative estimate of drug-likeness (QED) is 0.812. The predicted octanol–water partition coefficient (Wildman–Crippen LogP) is 3.42. The Kier molecular flexibility index (Phi) is 6.42. The Bertz CT molecular complexity index is 896. The molecule has 0 saturated carbocycles. The summed E-state index contributed by atoms with van der Waals surface area (Å²) in [6.45, 7) is 4.10. The topological polar surface area (TPSA) is 67.9 Å². The van der Waals surface area contributed by atoms with Crippen molar-refractivity contribution < 1.29 is 19.1 Å². The monoisotopic (exact) mass is 396 g/mol. The maximum atomic E-state index is 12.9. The number of hydrogen-bond donors (Lipinski definition) is 1. The number of nitrogens with zero attached hydrogens (tertiary/aromatic N) is 1. The molecule has 1 aliphatic rings. The summed E-state index contributed by atoms with van der Waals surface area (Å²) >= 11 is 0. The van der Waals surface area contributed by atoms with E-state index in [-0.39, 0.29) is 30.3 Å². The number of methoxy groups -OCH3 is 2. The van der Waals surface area contributed by atoms with Crippen molar-refractivity contribution >= 4 is 11.8 Å². The van der Waals surface area contributed by atoms with E-state index in [2.05, 4.69) is 11.4 Å². The average molecular weight is 396 g/mol. The SMILES string of the molecule is COc1ccc(OC)c(C(C)NC(=O)CC2c3ccccc3CCN2C(C)=O)c1. The third-order valence-corrected chi connectivity index (χ3v) is 5.48. The van der Waals surface area contributed by atoms with Crippen LogP contribution in [0.5, 0.6) is 11.5 Å². The van der Waals surface area contributed by atoms with Crippen LogP contribution in [0.3, 0.4) is 0 Å². The van der Waals surface area contributed by atoms with Crippen LogP contribution >= 0.6 is 0 Å². The molecule has 154 valence electrons. The standard InChI is InChI=1S/C23H28N2O4/c1-15(20-13-18(28-3)9-10-22(20)29-4)24-23(27)14-21-19-8-6-5-7-17(19)11-12-25(21)16(2)26/h5-10,13,15,21H,11-12,14H2,1-4H3,(H,24,27). The van der Waals surface area contributed by atoms with Crippen molar-refractivity contribution in [3.05, 3.63) is 59.2 Å². The molecule has 0 radical (unpaired) electrons. The highest BCUT2D eigenvalue weighted by molar-refractivity contribution is 5.80. The predicted molar refractivity (Wildman–Crippen MR) is 111 cm³/mol. The second-order valence-corrected chi connectivity index (χ2v) is 7.28. The first kappa shape index (κ1) is 20.7. The number of rotatable bonds is 6. The van der Waals surface area contributed by atoms with Crippen LogP contribution in [-0.4, -0.2) is 37.5 Å². The Labute approximate surface area is 171 Å². The first-order valence-corrected chi connectivity index (χ1v) is 9.81. The lowest BCUT2D eigenvalue weighted by atomic mass is 9.90. The number of nitrogens with one attached hydrogen (secondary N) is 1. The van der Waals surface area contributed by atoms with Gasteiger partial charge in [0.25, 0.3) is 0 Å². The van der Waals surface area contributed by atoms with Crippen LogP contribution < -0.4 is 14.8 Å². The fourth-order valence-electron chi connectivity index (χ4n) is 3.98. The molecule has 2 aromatic carbocycles. The van der Waals surface area contributed by atoms with Crippen molar-refractivity contribution in [2.45, 2.75) is 38.8 Å². The molecule has 1 N–H and O–H groups in total. The van der Waals surface area contributed by atoms with Crippen LogP contribution in [0.1, 0.15) is 49.0 Å². The fourth-order valence-corrected chi connectivity index (χ4v) is 3.98. The summed E-state index contributed by atoms with van der Waals surface area (Å²) in [7, 11) is 3.20. The number of carbonyl (C=O) groups is 2. The van der Waals surface area contributed by atoms with Gasteiger partial charge in [-0.3, -0.25) is 9.59 Å². The van der Waals surface area contributed by atoms with Gasteiger partial charge in [-0.25, -0.2) is 0 Å². The van der Waals surface area contributed by atoms with E-state index in [0.717, 1.165) is 17.5 Å². The number of amides is 2. The van der Waals surface area contributed by atoms with Crippen LogP contribution in [0, 0.1) is 0 Å². The molecule has 2 aromatic rings. The normalized spacial score (nSPS) is 16.6. The van der Waals surface area contributed by atoms with E-state index < -0.39 is 0 Å². The van der Waals surface area contributed by atoms with Crippen LogP contribution in [0.15, 0.2) is 42.5 Å². The summed E-state index contributed by atoms with van der Waals surface area (Å²) in [4.78, 5) is 26.9. The van der Waals surface area contributed by atoms with Gasteiger partial charge >= 0.3 is 0 Å². The summed E-state index contributed by atoms with van der Waals surface area (Å²) in [6.07, 6.45) is 1.03. The maximum Gasteiger partial charge on any atom is 0.222 e. The summed E-state index contributed by atoms with van der Waals surface area (Å²) in [6, 6.07) is 13.0. The van der Waals surface area contributed by atoms with Gasteiger partial charge in [0.1, 0.15) is 11.5 Å². The molecule has 0 spiro atoms. The summed E-state index contributed by atoms with van der Waals surface area (Å²) < 4.78 is 10.7. The zero-order valence-corrected chi connectivity index (χ0v) is 17.4. The van der Waals surface area contributed by atoms with Crippen molar-refractivity contribution in [2.24, 2.45) is 0 Å². The molecule has 3 rings (SSSR count). The van der Waals surface area contributed by atoms with Crippen molar-refractivity contribution in [1.82, 2.24) is 10.2 Å². The maximum absolute atomic E-state index is 12.9. The second-order valence-electron chi connectivity index (χ2n) is 7.28. The second kappa shape index (κ2) is 8.99. The van der Waals surface area contributed by atoms with E-state index >= 15 is 0 Å². The van der Waals surface area contributed by atoms with E-state index in [1.54, 1.807) is 26.0 Å². The lowest BCUT2D eigenvalue weighted by Gasteiger charge is -2.36. The van der Waals surface area contributed by atoms with Crippen molar-refractivity contribution in [2.75, 3.05) is 20.8 Å². The number of hydrogen-bond acceptors (Lipinski definition) is 4. The molecule has 0 aliphatic carbocycles. The summed E-state index contributed by atoms with van der Waals surface area (Å²) in [5, 5.41) is 3.05. The highest BCUT2D eigenvalue weighted by Gasteiger charge is 2.31. The van der Waals surface area contributed by atoms with Gasteiger partial charge < -0.3 is 19.7 Å². The van der Waals surface area contributed by atoms with Gasteiger partial charge in [-0.2, -0.15) is 0 Å². The van der Waals surface area contributed by atoms with E-state index in [9.17, 15) is 9.59 Å². The van der Waals surface area contributed by atoms with Gasteiger partial charge in [0.15, 0.2) is 0 Å². The molecule has 2 atom stereocenters. The van der Waals surface area contributed by atoms with Gasteiger partial charge in [-0.05, 0) is 42.7 Å². The molecule has 0 aromatic heterocycles. The van der Waals surface area contributed by atoms with Crippen LogP contribution in [0.2, 0.25) is 0 Å². The number of carbonyl (C=O) groups excluding carboxylic acids is 2. The molecular formula is C23H28N2O4. The largest absolute Gasteiger partial charge is 0.497 e. The van der Waals surface area contributed by atoms with Gasteiger partial charge in [-0.15, -0.1) is 0 Å². The van der Waals surface area contributed by atoms with Gasteiger partial charge in [0.05, 0.1) is 32.7 Å². The number of ether oxygens (including phenoxy) is 2. The molecule has 0 fully saturated rings. The van der Waals surface area contributed by atoms with Crippen LogP contribution in [0.4, 0.5) is 0 Å². The Morgan fingerprint density at radius 2 is 1.93 bits per heavy atom. The van der Waals surface area contributed by atoms with Crippen LogP contribution in [-0.2, 0) is 16.0 Å². The smallest absolute Gasteiger partial charge is 0.222 e. The zero-order chi connectivity index (χ0) is 21.0. The molecule has 0 bridgehead atoms. The van der Waals surface area contributed by atoms with E-state index in [0.29, 0.717) is 18.0 Å². The van der Waals surface area contributed by atoms with Gasteiger partial charge in [-0.1, -0.05) is 24.3 Å². The molecule has 29 heavy (non-hydrogen) atoms. The van der Waals surface area contributed by atoms with Crippen molar-refractivity contribution in [1.29, 1.82) is 0 Å². The summed E-state index contributed by atoms with van der Waals surface area (Å²) in [5.74, 6) is 1.26. The van der Waals surface area contributed by atoms with Crippen molar-refractivity contribution in [3.63, 3.8) is 0 Å². The molecular weight excluding hydrogens is 368 g/mol. The highest BCUT2D eigenvalue weighted by atomic mass is 16.5. The third kappa shape index (κ3) is 4.53. The minimum absolute atomic E-state index is 0.0141. The van der Waals surface area contributed by atoms with E-state index in [1.165, 1.54) is 5.56 Å². The lowest BCUT2D eigenvalue weighted by Crippen LogP contribution is -2.41. The molecule has 2 unspecified atom stereocenters. The van der Waals surface area contributed by atoms with E-state index in [4.69, 9.17) is 9.47 Å². The molecule has 6 nitrogen and oxygen atoms in total. The minimum Gasteiger partial charge on any atom is -0.497 e. The first-order chi connectivity index (χ1) is 13.9. The molecule has 1 heterocycles. The highest BCUT2D eigenvalue weighted by Crippen LogP contribution is 2.33. The van der Waals surface area contributed by atoms with Gasteiger partial charge in [0, 0.05) is 19.0 Å². The van der Waals surface area contributed by atoms with Crippen molar-refractivity contribution in [3.8, 4) is 11.5 Å². The third-order valence-electron chi connectivity index (χ3n) is 5.48. The molecule has 6 heteroatoms. The Balaban J connectivity index is 1.78. The molecule has 2 amide bonds. The minimum atomic E-state index is -0.267. The zero-order valence-electron chi connectivity index (χ0n) is 17.4. The molecule has 1 aliphatic heterocycles. The summed E-state index contributed by atoms with van der Waals surface area (Å²) in [5.41, 5.74) is 3.09. The number of benzene rings is 2. The lowest BCUT2D eigenvalue weighted by molar-refractivity contribution is -0.133. The first-order valence-electron chi connectivity index (χ1n) is 9.81. The Morgan fingerprint density at radius 1 is 1.17 bits per heavy atom. The molecule has 0 saturated heterocycles. The van der Waals surface area contributed by atoms with E-state index in [1.807, 2.05) is 43.3 Å². The Hall–Kier alpha value is -3.02. The fraction of sp³-hybridized carbons (Fsp3) is 0.391. The number of fused-ring (bicyclic) bond motifs is 1. The Morgan fingerprint density at radius 3 is 2.62 bits per heavy atom. The van der Waals surface area contributed by atoms with Crippen LogP contribution in [0.25, 0.3) is 0 Å². The van der Waals surface area contributed by atoms with Gasteiger partial charge in [0.2, 0.25) is 11.8 Å². The average Bonchev–Trinajstić information content (AvgIpc) is 2.73.